The fourth-order valence-electron chi connectivity index (χ4n) is 1.70. The normalized spacial score (nSPS) is 10.8. The molecule has 1 N–H and O–H groups in total. The number of carbonyl (C=O) groups is 1. The van der Waals surface area contributed by atoms with Crippen molar-refractivity contribution in [2.45, 2.75) is 0 Å². The van der Waals surface area contributed by atoms with Crippen LogP contribution in [0.4, 0.5) is 0 Å². The molecule has 3 rings (SSSR count). The minimum atomic E-state index is -0.988. The number of nitrogens with zero attached hydrogens (tertiary/aromatic N) is 1. The summed E-state index contributed by atoms with van der Waals surface area (Å²) in [6, 6.07) is 6.44. The zero-order chi connectivity index (χ0) is 13.4. The largest absolute Gasteiger partial charge is 0.496 e. The predicted octanol–water partition coefficient (Wildman–Crippen LogP) is 3.26. The number of hydrogen-bond acceptors (Lipinski definition) is 5. The Hall–Kier alpha value is -2.34. The van der Waals surface area contributed by atoms with Gasteiger partial charge in [0.1, 0.15) is 11.3 Å². The Balaban J connectivity index is 2.08. The SMILES string of the molecule is COc1csc(-c2nc3ccc(C(=O)O)cc3o2)c1. The highest BCUT2D eigenvalue weighted by Gasteiger charge is 2.13. The lowest BCUT2D eigenvalue weighted by Gasteiger charge is -1.91. The number of benzene rings is 1. The summed E-state index contributed by atoms with van der Waals surface area (Å²) >= 11 is 1.46. The van der Waals surface area contributed by atoms with E-state index in [1.165, 1.54) is 23.5 Å². The van der Waals surface area contributed by atoms with Crippen molar-refractivity contribution in [3.8, 4) is 16.5 Å². The quantitative estimate of drug-likeness (QED) is 0.794. The predicted molar refractivity (Wildman–Crippen MR) is 70.8 cm³/mol. The third kappa shape index (κ3) is 2.06. The van der Waals surface area contributed by atoms with Crippen molar-refractivity contribution >= 4 is 28.4 Å². The smallest absolute Gasteiger partial charge is 0.335 e. The molecule has 19 heavy (non-hydrogen) atoms. The molecule has 0 unspecified atom stereocenters. The Bertz CT molecular complexity index is 759. The lowest BCUT2D eigenvalue weighted by Crippen LogP contribution is -1.94. The molecule has 0 saturated carbocycles. The highest BCUT2D eigenvalue weighted by Crippen LogP contribution is 2.32. The molecule has 5 nitrogen and oxygen atoms in total. The summed E-state index contributed by atoms with van der Waals surface area (Å²) < 4.78 is 10.7. The molecule has 96 valence electrons. The van der Waals surface area contributed by atoms with E-state index in [0.29, 0.717) is 17.0 Å². The Labute approximate surface area is 112 Å². The van der Waals surface area contributed by atoms with E-state index in [0.717, 1.165) is 10.6 Å². The second-order valence-electron chi connectivity index (χ2n) is 3.86. The fourth-order valence-corrected chi connectivity index (χ4v) is 2.48. The number of thiophene rings is 1. The van der Waals surface area contributed by atoms with Gasteiger partial charge in [0.25, 0.3) is 0 Å². The summed E-state index contributed by atoms with van der Waals surface area (Å²) in [5.41, 5.74) is 1.27. The molecular formula is C13H9NO4S. The zero-order valence-corrected chi connectivity index (χ0v) is 10.7. The zero-order valence-electron chi connectivity index (χ0n) is 9.91. The van der Waals surface area contributed by atoms with Gasteiger partial charge in [-0.05, 0) is 18.2 Å². The summed E-state index contributed by atoms with van der Waals surface area (Å²) in [5, 5.41) is 10.8. The number of ether oxygens (including phenoxy) is 1. The van der Waals surface area contributed by atoms with E-state index in [9.17, 15) is 4.79 Å². The number of hydrogen-bond donors (Lipinski definition) is 1. The Morgan fingerprint density at radius 2 is 2.26 bits per heavy atom. The molecule has 6 heteroatoms. The molecule has 0 bridgehead atoms. The molecule has 0 spiro atoms. The first-order valence-corrected chi connectivity index (χ1v) is 6.32. The lowest BCUT2D eigenvalue weighted by molar-refractivity contribution is 0.0697. The molecule has 0 aliphatic heterocycles. The van der Waals surface area contributed by atoms with Crippen molar-refractivity contribution in [3.05, 3.63) is 35.2 Å². The maximum absolute atomic E-state index is 10.9. The maximum atomic E-state index is 10.9. The number of carboxylic acid groups (broad SMARTS) is 1. The standard InChI is InChI=1S/C13H9NO4S/c1-17-8-5-11(19-6-8)12-14-9-3-2-7(13(15)16)4-10(9)18-12/h2-6H,1H3,(H,15,16). The van der Waals surface area contributed by atoms with Gasteiger partial charge in [-0.2, -0.15) is 0 Å². The van der Waals surface area contributed by atoms with Gasteiger partial charge in [-0.3, -0.25) is 0 Å². The van der Waals surface area contributed by atoms with Crippen molar-refractivity contribution in [2.24, 2.45) is 0 Å². The van der Waals surface area contributed by atoms with Crippen molar-refractivity contribution in [1.82, 2.24) is 4.98 Å². The van der Waals surface area contributed by atoms with Gasteiger partial charge in [0.2, 0.25) is 5.89 Å². The van der Waals surface area contributed by atoms with Crippen molar-refractivity contribution in [1.29, 1.82) is 0 Å². The van der Waals surface area contributed by atoms with Crippen LogP contribution in [0.15, 0.2) is 34.1 Å². The molecule has 0 radical (unpaired) electrons. The number of fused-ring (bicyclic) bond motifs is 1. The Morgan fingerprint density at radius 1 is 1.42 bits per heavy atom. The molecule has 2 heterocycles. The lowest BCUT2D eigenvalue weighted by atomic mass is 10.2. The summed E-state index contributed by atoms with van der Waals surface area (Å²) in [6.07, 6.45) is 0. The van der Waals surface area contributed by atoms with Gasteiger partial charge in [-0.1, -0.05) is 0 Å². The van der Waals surface area contributed by atoms with E-state index in [4.69, 9.17) is 14.3 Å². The van der Waals surface area contributed by atoms with E-state index in [1.54, 1.807) is 13.2 Å². The van der Waals surface area contributed by atoms with E-state index in [2.05, 4.69) is 4.98 Å². The van der Waals surface area contributed by atoms with Gasteiger partial charge < -0.3 is 14.3 Å². The molecule has 0 aliphatic carbocycles. The van der Waals surface area contributed by atoms with Gasteiger partial charge in [-0.15, -0.1) is 11.3 Å². The topological polar surface area (TPSA) is 72.6 Å². The molecule has 0 amide bonds. The number of carboxylic acids is 1. The second-order valence-corrected chi connectivity index (χ2v) is 4.77. The fraction of sp³-hybridized carbons (Fsp3) is 0.0769. The number of aromatic carboxylic acids is 1. The first-order chi connectivity index (χ1) is 9.17. The minimum Gasteiger partial charge on any atom is -0.496 e. The van der Waals surface area contributed by atoms with Crippen LogP contribution in [-0.2, 0) is 0 Å². The highest BCUT2D eigenvalue weighted by molar-refractivity contribution is 7.13. The average molecular weight is 275 g/mol. The van der Waals surface area contributed by atoms with Crippen LogP contribution < -0.4 is 4.74 Å². The number of oxazole rings is 1. The summed E-state index contributed by atoms with van der Waals surface area (Å²) in [6.45, 7) is 0. The second kappa shape index (κ2) is 4.40. The molecule has 0 saturated heterocycles. The minimum absolute atomic E-state index is 0.180. The number of aromatic nitrogens is 1. The molecule has 0 fully saturated rings. The van der Waals surface area contributed by atoms with Crippen molar-refractivity contribution < 1.29 is 19.1 Å². The van der Waals surface area contributed by atoms with Crippen LogP contribution in [-0.4, -0.2) is 23.2 Å². The first-order valence-electron chi connectivity index (χ1n) is 5.44. The molecule has 1 aromatic carbocycles. The van der Waals surface area contributed by atoms with Crippen LogP contribution in [0, 0.1) is 0 Å². The molecule has 0 atom stereocenters. The third-order valence-corrected chi connectivity index (χ3v) is 3.55. The maximum Gasteiger partial charge on any atom is 0.335 e. The van der Waals surface area contributed by atoms with Crippen molar-refractivity contribution in [2.75, 3.05) is 7.11 Å². The van der Waals surface area contributed by atoms with Crippen LogP contribution in [0.3, 0.4) is 0 Å². The van der Waals surface area contributed by atoms with Gasteiger partial charge in [-0.25, -0.2) is 9.78 Å². The van der Waals surface area contributed by atoms with E-state index in [-0.39, 0.29) is 5.56 Å². The van der Waals surface area contributed by atoms with E-state index in [1.807, 2.05) is 11.4 Å². The van der Waals surface area contributed by atoms with E-state index < -0.39 is 5.97 Å². The van der Waals surface area contributed by atoms with E-state index >= 15 is 0 Å². The highest BCUT2D eigenvalue weighted by atomic mass is 32.1. The molecule has 3 aromatic rings. The molecule has 0 aliphatic rings. The average Bonchev–Trinajstić information content (AvgIpc) is 3.03. The van der Waals surface area contributed by atoms with Crippen LogP contribution in [0.1, 0.15) is 10.4 Å². The Morgan fingerprint density at radius 3 is 2.95 bits per heavy atom. The van der Waals surface area contributed by atoms with Gasteiger partial charge in [0, 0.05) is 11.4 Å². The van der Waals surface area contributed by atoms with Crippen LogP contribution in [0.5, 0.6) is 5.75 Å². The van der Waals surface area contributed by atoms with Crippen LogP contribution in [0.25, 0.3) is 21.9 Å². The first kappa shape index (κ1) is 11.7. The van der Waals surface area contributed by atoms with Gasteiger partial charge >= 0.3 is 5.97 Å². The number of rotatable bonds is 3. The molecular weight excluding hydrogens is 266 g/mol. The summed E-state index contributed by atoms with van der Waals surface area (Å²) in [5.74, 6) is 0.219. The summed E-state index contributed by atoms with van der Waals surface area (Å²) in [4.78, 5) is 16.1. The van der Waals surface area contributed by atoms with Crippen LogP contribution in [0.2, 0.25) is 0 Å². The van der Waals surface area contributed by atoms with Crippen molar-refractivity contribution in [3.63, 3.8) is 0 Å². The van der Waals surface area contributed by atoms with Gasteiger partial charge in [0.15, 0.2) is 5.58 Å². The van der Waals surface area contributed by atoms with Crippen LogP contribution >= 0.6 is 11.3 Å². The monoisotopic (exact) mass is 275 g/mol. The Kier molecular flexibility index (Phi) is 2.72. The third-order valence-electron chi connectivity index (χ3n) is 2.66. The molecule has 2 aromatic heterocycles. The number of methoxy groups -OCH3 is 1. The van der Waals surface area contributed by atoms with Gasteiger partial charge in [0.05, 0.1) is 17.6 Å². The summed E-state index contributed by atoms with van der Waals surface area (Å²) in [7, 11) is 1.59.